The van der Waals surface area contributed by atoms with Crippen LogP contribution in [0.5, 0.6) is 0 Å². The van der Waals surface area contributed by atoms with Crippen molar-refractivity contribution in [2.24, 2.45) is 0 Å². The van der Waals surface area contributed by atoms with Gasteiger partial charge in [-0.15, -0.1) is 11.6 Å². The Morgan fingerprint density at radius 2 is 1.92 bits per heavy atom. The summed E-state index contributed by atoms with van der Waals surface area (Å²) in [4.78, 5) is 2.32. The summed E-state index contributed by atoms with van der Waals surface area (Å²) in [5.74, 6) is 0.677. The Bertz CT molecular complexity index is 109. The summed E-state index contributed by atoms with van der Waals surface area (Å²) in [5, 5.41) is 8.84. The summed E-state index contributed by atoms with van der Waals surface area (Å²) in [6.45, 7) is 1.97. The summed E-state index contributed by atoms with van der Waals surface area (Å²) in [5.41, 5.74) is 0. The molecule has 1 fully saturated rings. The Morgan fingerprint density at radius 1 is 1.25 bits per heavy atom. The molecule has 0 heterocycles. The lowest BCUT2D eigenvalue weighted by Gasteiger charge is -2.26. The van der Waals surface area contributed by atoms with Crippen LogP contribution in [0.15, 0.2) is 0 Å². The molecule has 0 radical (unpaired) electrons. The maximum atomic E-state index is 8.84. The van der Waals surface area contributed by atoms with E-state index in [0.29, 0.717) is 11.9 Å². The number of hydrogen-bond acceptors (Lipinski definition) is 2. The summed E-state index contributed by atoms with van der Waals surface area (Å²) in [6.07, 6.45) is 5.26. The zero-order chi connectivity index (χ0) is 8.81. The number of alkyl halides is 1. The average molecular weight is 192 g/mol. The Morgan fingerprint density at radius 3 is 2.42 bits per heavy atom. The van der Waals surface area contributed by atoms with Crippen molar-refractivity contribution in [2.75, 3.05) is 25.6 Å². The number of nitrogens with zero attached hydrogens (tertiary/aromatic N) is 1. The van der Waals surface area contributed by atoms with E-state index in [1.807, 2.05) is 0 Å². The lowest BCUT2D eigenvalue weighted by atomic mass is 10.2. The first-order valence-corrected chi connectivity index (χ1v) is 5.33. The quantitative estimate of drug-likeness (QED) is 0.666. The van der Waals surface area contributed by atoms with Crippen LogP contribution in [-0.4, -0.2) is 41.6 Å². The number of aliphatic hydroxyl groups is 1. The van der Waals surface area contributed by atoms with E-state index in [1.54, 1.807) is 0 Å². The van der Waals surface area contributed by atoms with Crippen molar-refractivity contribution in [2.45, 2.75) is 31.7 Å². The molecule has 2 nitrogen and oxygen atoms in total. The standard InChI is InChI=1S/C9H18ClNO/c10-5-6-11(7-8-12)9-3-1-2-4-9/h9,12H,1-8H2. The third kappa shape index (κ3) is 2.92. The maximum Gasteiger partial charge on any atom is 0.0558 e. The fourth-order valence-corrected chi connectivity index (χ4v) is 2.20. The topological polar surface area (TPSA) is 23.5 Å². The van der Waals surface area contributed by atoms with E-state index >= 15 is 0 Å². The molecule has 0 amide bonds. The van der Waals surface area contributed by atoms with E-state index in [1.165, 1.54) is 25.7 Å². The summed E-state index contributed by atoms with van der Waals surface area (Å²) < 4.78 is 0. The number of halogens is 1. The van der Waals surface area contributed by atoms with E-state index in [-0.39, 0.29) is 6.61 Å². The molecule has 3 heteroatoms. The molecular weight excluding hydrogens is 174 g/mol. The smallest absolute Gasteiger partial charge is 0.0558 e. The van der Waals surface area contributed by atoms with Crippen molar-refractivity contribution in [1.82, 2.24) is 4.90 Å². The molecule has 1 N–H and O–H groups in total. The summed E-state index contributed by atoms with van der Waals surface area (Å²) >= 11 is 5.69. The van der Waals surface area contributed by atoms with Crippen molar-refractivity contribution in [1.29, 1.82) is 0 Å². The average Bonchev–Trinajstić information content (AvgIpc) is 2.56. The zero-order valence-corrected chi connectivity index (χ0v) is 8.26. The van der Waals surface area contributed by atoms with E-state index in [4.69, 9.17) is 16.7 Å². The minimum atomic E-state index is 0.257. The van der Waals surface area contributed by atoms with Gasteiger partial charge in [0.25, 0.3) is 0 Å². The largest absolute Gasteiger partial charge is 0.395 e. The lowest BCUT2D eigenvalue weighted by Crippen LogP contribution is -2.37. The molecule has 12 heavy (non-hydrogen) atoms. The van der Waals surface area contributed by atoms with Crippen LogP contribution in [0.2, 0.25) is 0 Å². The molecule has 72 valence electrons. The highest BCUT2D eigenvalue weighted by molar-refractivity contribution is 6.18. The van der Waals surface area contributed by atoms with Crippen LogP contribution in [0.3, 0.4) is 0 Å². The predicted molar refractivity (Wildman–Crippen MR) is 51.6 cm³/mol. The second-order valence-electron chi connectivity index (χ2n) is 3.39. The van der Waals surface area contributed by atoms with Gasteiger partial charge in [0.05, 0.1) is 6.61 Å². The van der Waals surface area contributed by atoms with Crippen molar-refractivity contribution in [3.05, 3.63) is 0 Å². The fourth-order valence-electron chi connectivity index (χ4n) is 1.98. The van der Waals surface area contributed by atoms with Gasteiger partial charge in [0, 0.05) is 25.0 Å². The molecule has 0 bridgehead atoms. The molecule has 1 aliphatic carbocycles. The van der Waals surface area contributed by atoms with Crippen LogP contribution < -0.4 is 0 Å². The SMILES string of the molecule is OCCN(CCCl)C1CCCC1. The predicted octanol–water partition coefficient (Wildman–Crippen LogP) is 1.46. The molecule has 0 aliphatic heterocycles. The Balaban J connectivity index is 2.29. The minimum absolute atomic E-state index is 0.257. The van der Waals surface area contributed by atoms with Gasteiger partial charge in [-0.25, -0.2) is 0 Å². The van der Waals surface area contributed by atoms with Gasteiger partial charge in [-0.05, 0) is 12.8 Å². The third-order valence-corrected chi connectivity index (χ3v) is 2.77. The number of rotatable bonds is 5. The van der Waals surface area contributed by atoms with Crippen molar-refractivity contribution < 1.29 is 5.11 Å². The van der Waals surface area contributed by atoms with Crippen LogP contribution in [0.1, 0.15) is 25.7 Å². The van der Waals surface area contributed by atoms with Crippen molar-refractivity contribution in [3.8, 4) is 0 Å². The number of hydrogen-bond donors (Lipinski definition) is 1. The van der Waals surface area contributed by atoms with Crippen LogP contribution in [0.25, 0.3) is 0 Å². The normalized spacial score (nSPS) is 19.2. The molecule has 0 atom stereocenters. The molecule has 0 aromatic rings. The van der Waals surface area contributed by atoms with Crippen LogP contribution in [0.4, 0.5) is 0 Å². The van der Waals surface area contributed by atoms with Crippen LogP contribution in [0, 0.1) is 0 Å². The number of aliphatic hydroxyl groups excluding tert-OH is 1. The zero-order valence-electron chi connectivity index (χ0n) is 7.51. The third-order valence-electron chi connectivity index (χ3n) is 2.60. The Kier molecular flexibility index (Phi) is 4.96. The molecule has 0 spiro atoms. The van der Waals surface area contributed by atoms with Gasteiger partial charge in [-0.2, -0.15) is 0 Å². The lowest BCUT2D eigenvalue weighted by molar-refractivity contribution is 0.159. The highest BCUT2D eigenvalue weighted by Crippen LogP contribution is 2.22. The van der Waals surface area contributed by atoms with Crippen LogP contribution in [-0.2, 0) is 0 Å². The summed E-state index contributed by atoms with van der Waals surface area (Å²) in [7, 11) is 0. The second-order valence-corrected chi connectivity index (χ2v) is 3.76. The van der Waals surface area contributed by atoms with Gasteiger partial charge in [0.1, 0.15) is 0 Å². The van der Waals surface area contributed by atoms with E-state index in [0.717, 1.165) is 13.1 Å². The maximum absolute atomic E-state index is 8.84. The monoisotopic (exact) mass is 191 g/mol. The first-order valence-electron chi connectivity index (χ1n) is 4.79. The van der Waals surface area contributed by atoms with Gasteiger partial charge in [0.2, 0.25) is 0 Å². The van der Waals surface area contributed by atoms with E-state index in [9.17, 15) is 0 Å². The van der Waals surface area contributed by atoms with E-state index < -0.39 is 0 Å². The highest BCUT2D eigenvalue weighted by Gasteiger charge is 2.21. The molecule has 0 aromatic carbocycles. The van der Waals surface area contributed by atoms with Crippen molar-refractivity contribution in [3.63, 3.8) is 0 Å². The van der Waals surface area contributed by atoms with Crippen LogP contribution >= 0.6 is 11.6 Å². The molecule has 1 saturated carbocycles. The van der Waals surface area contributed by atoms with Crippen molar-refractivity contribution >= 4 is 11.6 Å². The molecule has 0 unspecified atom stereocenters. The fraction of sp³-hybridized carbons (Fsp3) is 1.00. The Labute approximate surface area is 79.5 Å². The van der Waals surface area contributed by atoms with Gasteiger partial charge in [-0.3, -0.25) is 4.90 Å². The molecule has 0 aromatic heterocycles. The van der Waals surface area contributed by atoms with Gasteiger partial charge in [-0.1, -0.05) is 12.8 Å². The molecular formula is C9H18ClNO. The summed E-state index contributed by atoms with van der Waals surface area (Å²) in [6, 6.07) is 0.691. The Hall–Kier alpha value is 0.210. The van der Waals surface area contributed by atoms with Gasteiger partial charge in [0.15, 0.2) is 0 Å². The highest BCUT2D eigenvalue weighted by atomic mass is 35.5. The van der Waals surface area contributed by atoms with Gasteiger partial charge < -0.3 is 5.11 Å². The van der Waals surface area contributed by atoms with E-state index in [2.05, 4.69) is 4.90 Å². The second kappa shape index (κ2) is 5.79. The molecule has 1 aliphatic rings. The molecule has 1 rings (SSSR count). The molecule has 0 saturated heterocycles. The van der Waals surface area contributed by atoms with Gasteiger partial charge >= 0.3 is 0 Å². The first-order chi connectivity index (χ1) is 5.88. The first kappa shape index (κ1) is 10.3. The minimum Gasteiger partial charge on any atom is -0.395 e.